The van der Waals surface area contributed by atoms with E-state index < -0.39 is 5.97 Å². The summed E-state index contributed by atoms with van der Waals surface area (Å²) in [6, 6.07) is 0. The molecule has 0 heterocycles. The predicted octanol–water partition coefficient (Wildman–Crippen LogP) is 4.57. The molecule has 0 bridgehead atoms. The lowest BCUT2D eigenvalue weighted by Gasteiger charge is -2.08. The molecule has 0 spiro atoms. The molecule has 2 nitrogen and oxygen atoms in total. The largest absolute Gasteiger partial charge is 0.481 e. The maximum Gasteiger partial charge on any atom is 0.306 e. The third-order valence-corrected chi connectivity index (χ3v) is 2.83. The molecule has 0 radical (unpaired) electrons. The van der Waals surface area contributed by atoms with Crippen LogP contribution < -0.4 is 0 Å². The average Bonchev–Trinajstić information content (AvgIpc) is 2.23. The topological polar surface area (TPSA) is 37.3 Å². The van der Waals surface area contributed by atoms with Gasteiger partial charge < -0.3 is 5.11 Å². The highest BCUT2D eigenvalue weighted by Gasteiger charge is 2.14. The summed E-state index contributed by atoms with van der Waals surface area (Å²) in [6.45, 7) is 8.31. The molecule has 0 fully saturated rings. The first kappa shape index (κ1) is 16.0. The summed E-state index contributed by atoms with van der Waals surface area (Å²) in [4.78, 5) is 11.0. The van der Waals surface area contributed by atoms with E-state index in [2.05, 4.69) is 32.9 Å². The van der Waals surface area contributed by atoms with Crippen LogP contribution in [0.4, 0.5) is 0 Å². The molecule has 17 heavy (non-hydrogen) atoms. The lowest BCUT2D eigenvalue weighted by atomic mass is 9.98. The summed E-state index contributed by atoms with van der Waals surface area (Å²) >= 11 is 0. The van der Waals surface area contributed by atoms with Gasteiger partial charge in [-0.05, 0) is 46.5 Å². The molecule has 0 aromatic heterocycles. The smallest absolute Gasteiger partial charge is 0.306 e. The number of carboxylic acid groups (broad SMARTS) is 1. The molecule has 0 saturated heterocycles. The van der Waals surface area contributed by atoms with Gasteiger partial charge in [-0.1, -0.05) is 36.6 Å². The standard InChI is InChI=1S/C15H26O2/c1-5-7-14(15(16)17)11-10-13(4)9-6-8-12(2)3/h8,10,14H,5-7,9,11H2,1-4H3,(H,16,17)/b13-10+. The van der Waals surface area contributed by atoms with Gasteiger partial charge in [0.15, 0.2) is 0 Å². The molecule has 1 unspecified atom stereocenters. The van der Waals surface area contributed by atoms with Crippen LogP contribution in [0.1, 0.15) is 59.8 Å². The van der Waals surface area contributed by atoms with Crippen molar-refractivity contribution in [2.24, 2.45) is 5.92 Å². The predicted molar refractivity (Wildman–Crippen MR) is 73.1 cm³/mol. The summed E-state index contributed by atoms with van der Waals surface area (Å²) in [6.07, 6.45) is 8.77. The van der Waals surface area contributed by atoms with Crippen molar-refractivity contribution >= 4 is 5.97 Å². The minimum Gasteiger partial charge on any atom is -0.481 e. The molecule has 2 heteroatoms. The number of aliphatic carboxylic acids is 1. The Morgan fingerprint density at radius 2 is 1.88 bits per heavy atom. The first-order valence-corrected chi connectivity index (χ1v) is 6.49. The van der Waals surface area contributed by atoms with E-state index in [4.69, 9.17) is 5.11 Å². The lowest BCUT2D eigenvalue weighted by molar-refractivity contribution is -0.141. The summed E-state index contributed by atoms with van der Waals surface area (Å²) in [7, 11) is 0. The fourth-order valence-electron chi connectivity index (χ4n) is 1.72. The van der Waals surface area contributed by atoms with Crippen LogP contribution in [0.5, 0.6) is 0 Å². The first-order valence-electron chi connectivity index (χ1n) is 6.49. The van der Waals surface area contributed by atoms with E-state index in [1.54, 1.807) is 0 Å². The Morgan fingerprint density at radius 3 is 2.35 bits per heavy atom. The highest BCUT2D eigenvalue weighted by Crippen LogP contribution is 2.15. The second-order valence-electron chi connectivity index (χ2n) is 4.93. The van der Waals surface area contributed by atoms with Gasteiger partial charge >= 0.3 is 5.97 Å². The van der Waals surface area contributed by atoms with Gasteiger partial charge in [0.25, 0.3) is 0 Å². The third-order valence-electron chi connectivity index (χ3n) is 2.83. The number of carbonyl (C=O) groups is 1. The van der Waals surface area contributed by atoms with Gasteiger partial charge in [0, 0.05) is 0 Å². The number of hydrogen-bond donors (Lipinski definition) is 1. The Bertz CT molecular complexity index is 283. The Balaban J connectivity index is 4.10. The molecule has 0 aromatic rings. The quantitative estimate of drug-likeness (QED) is 0.629. The number of allylic oxidation sites excluding steroid dienone is 4. The first-order chi connectivity index (χ1) is 7.97. The highest BCUT2D eigenvalue weighted by molar-refractivity contribution is 5.70. The van der Waals surface area contributed by atoms with Crippen LogP contribution in [0.15, 0.2) is 23.3 Å². The summed E-state index contributed by atoms with van der Waals surface area (Å²) in [5.41, 5.74) is 2.64. The minimum absolute atomic E-state index is 0.210. The number of carboxylic acids is 1. The van der Waals surface area contributed by atoms with Crippen molar-refractivity contribution in [2.75, 3.05) is 0 Å². The lowest BCUT2D eigenvalue weighted by Crippen LogP contribution is -2.12. The molecule has 0 aliphatic heterocycles. The van der Waals surface area contributed by atoms with E-state index in [0.717, 1.165) is 25.7 Å². The fraction of sp³-hybridized carbons (Fsp3) is 0.667. The van der Waals surface area contributed by atoms with Gasteiger partial charge in [-0.15, -0.1) is 0 Å². The minimum atomic E-state index is -0.666. The van der Waals surface area contributed by atoms with Crippen LogP contribution >= 0.6 is 0 Å². The van der Waals surface area contributed by atoms with E-state index >= 15 is 0 Å². The van der Waals surface area contributed by atoms with Crippen LogP contribution in [-0.4, -0.2) is 11.1 Å². The molecule has 0 amide bonds. The molecule has 98 valence electrons. The van der Waals surface area contributed by atoms with Gasteiger partial charge in [0.2, 0.25) is 0 Å². The molecule has 0 aromatic carbocycles. The zero-order valence-electron chi connectivity index (χ0n) is 11.6. The van der Waals surface area contributed by atoms with Gasteiger partial charge in [0.1, 0.15) is 0 Å². The normalized spacial score (nSPS) is 13.3. The monoisotopic (exact) mass is 238 g/mol. The van der Waals surface area contributed by atoms with Gasteiger partial charge in [0.05, 0.1) is 5.92 Å². The van der Waals surface area contributed by atoms with Crippen molar-refractivity contribution in [3.05, 3.63) is 23.3 Å². The van der Waals surface area contributed by atoms with Crippen molar-refractivity contribution in [1.29, 1.82) is 0 Å². The van der Waals surface area contributed by atoms with Gasteiger partial charge in [-0.3, -0.25) is 4.79 Å². The Morgan fingerprint density at radius 1 is 1.24 bits per heavy atom. The van der Waals surface area contributed by atoms with E-state index in [0.29, 0.717) is 6.42 Å². The van der Waals surface area contributed by atoms with Crippen LogP contribution in [0, 0.1) is 5.92 Å². The maximum atomic E-state index is 11.0. The second kappa shape index (κ2) is 9.03. The van der Waals surface area contributed by atoms with Crippen molar-refractivity contribution < 1.29 is 9.90 Å². The van der Waals surface area contributed by atoms with Crippen molar-refractivity contribution in [2.45, 2.75) is 59.8 Å². The Hall–Kier alpha value is -1.05. The third kappa shape index (κ3) is 8.73. The van der Waals surface area contributed by atoms with Crippen LogP contribution in [0.2, 0.25) is 0 Å². The molecule has 0 aliphatic carbocycles. The number of hydrogen-bond acceptors (Lipinski definition) is 1. The molecular formula is C15H26O2. The average molecular weight is 238 g/mol. The molecule has 0 saturated carbocycles. The number of rotatable bonds is 8. The summed E-state index contributed by atoms with van der Waals surface area (Å²) in [5, 5.41) is 9.03. The molecule has 0 rings (SSSR count). The van der Waals surface area contributed by atoms with Crippen molar-refractivity contribution in [3.63, 3.8) is 0 Å². The van der Waals surface area contributed by atoms with E-state index in [1.807, 2.05) is 6.92 Å². The zero-order valence-corrected chi connectivity index (χ0v) is 11.6. The van der Waals surface area contributed by atoms with Crippen LogP contribution in [0.3, 0.4) is 0 Å². The molecule has 1 atom stereocenters. The SMILES string of the molecule is CCCC(C/C=C(\C)CCC=C(C)C)C(=O)O. The Kier molecular flexibility index (Phi) is 8.47. The van der Waals surface area contributed by atoms with Crippen LogP contribution in [-0.2, 0) is 4.79 Å². The molecule has 1 N–H and O–H groups in total. The van der Waals surface area contributed by atoms with E-state index in [-0.39, 0.29) is 5.92 Å². The van der Waals surface area contributed by atoms with Gasteiger partial charge in [-0.25, -0.2) is 0 Å². The maximum absolute atomic E-state index is 11.0. The Labute approximate surface area is 105 Å². The van der Waals surface area contributed by atoms with Crippen molar-refractivity contribution in [3.8, 4) is 0 Å². The van der Waals surface area contributed by atoms with Crippen molar-refractivity contribution in [1.82, 2.24) is 0 Å². The fourth-order valence-corrected chi connectivity index (χ4v) is 1.72. The molecule has 0 aliphatic rings. The highest BCUT2D eigenvalue weighted by atomic mass is 16.4. The van der Waals surface area contributed by atoms with Crippen LogP contribution in [0.25, 0.3) is 0 Å². The second-order valence-corrected chi connectivity index (χ2v) is 4.93. The van der Waals surface area contributed by atoms with E-state index in [9.17, 15) is 4.79 Å². The van der Waals surface area contributed by atoms with Gasteiger partial charge in [-0.2, -0.15) is 0 Å². The summed E-state index contributed by atoms with van der Waals surface area (Å²) in [5.74, 6) is -0.876. The zero-order chi connectivity index (χ0) is 13.3. The summed E-state index contributed by atoms with van der Waals surface area (Å²) < 4.78 is 0. The molecular weight excluding hydrogens is 212 g/mol. The van der Waals surface area contributed by atoms with E-state index in [1.165, 1.54) is 11.1 Å².